The number of benzene rings is 2. The van der Waals surface area contributed by atoms with Gasteiger partial charge in [-0.25, -0.2) is 0 Å². The van der Waals surface area contributed by atoms with E-state index in [-0.39, 0.29) is 34.5 Å². The number of aliphatic hydroxyl groups is 1. The highest BCUT2D eigenvalue weighted by atomic mass is 16.5. The minimum absolute atomic E-state index is 0.0182. The van der Waals surface area contributed by atoms with E-state index in [0.717, 1.165) is 56.2 Å². The third-order valence-electron chi connectivity index (χ3n) is 13.0. The second kappa shape index (κ2) is 10.4. The lowest BCUT2D eigenvalue weighted by Crippen LogP contribution is -2.64. The first-order valence-electron chi connectivity index (χ1n) is 16.4. The molecule has 0 bridgehead atoms. The smallest absolute Gasteiger partial charge is 0.137 e. The van der Waals surface area contributed by atoms with Gasteiger partial charge >= 0.3 is 0 Å². The second-order valence-electron chi connectivity index (χ2n) is 14.9. The molecular formula is C37H47NO4. The van der Waals surface area contributed by atoms with Gasteiger partial charge in [-0.3, -0.25) is 14.5 Å². The van der Waals surface area contributed by atoms with E-state index in [4.69, 9.17) is 4.74 Å². The van der Waals surface area contributed by atoms with Gasteiger partial charge in [0, 0.05) is 37.4 Å². The van der Waals surface area contributed by atoms with Gasteiger partial charge in [0.2, 0.25) is 0 Å². The number of ketones is 2. The number of Topliss-reactive ketones (excluding diaryl/α,β-unsaturated/α-hetero) is 2. The highest BCUT2D eigenvalue weighted by Crippen LogP contribution is 2.66. The number of ether oxygens (including phenoxy) is 1. The lowest BCUT2D eigenvalue weighted by Gasteiger charge is -2.62. The summed E-state index contributed by atoms with van der Waals surface area (Å²) in [6.07, 6.45) is 5.86. The van der Waals surface area contributed by atoms with Gasteiger partial charge in [0.1, 0.15) is 17.2 Å². The van der Waals surface area contributed by atoms with Crippen LogP contribution in [0.25, 0.3) is 0 Å². The Morgan fingerprint density at radius 1 is 0.929 bits per heavy atom. The van der Waals surface area contributed by atoms with Gasteiger partial charge < -0.3 is 9.84 Å². The quantitative estimate of drug-likeness (QED) is 0.487. The third kappa shape index (κ3) is 4.21. The van der Waals surface area contributed by atoms with Crippen molar-refractivity contribution in [3.63, 3.8) is 0 Å². The van der Waals surface area contributed by atoms with Crippen LogP contribution in [0.1, 0.15) is 76.8 Å². The molecule has 5 nitrogen and oxygen atoms in total. The molecule has 1 saturated heterocycles. The van der Waals surface area contributed by atoms with E-state index in [1.54, 1.807) is 6.92 Å². The van der Waals surface area contributed by atoms with Crippen LogP contribution in [0.5, 0.6) is 0 Å². The number of hydrogen-bond acceptors (Lipinski definition) is 5. The first-order chi connectivity index (χ1) is 20.2. The fourth-order valence-electron chi connectivity index (χ4n) is 11.1. The monoisotopic (exact) mass is 569 g/mol. The van der Waals surface area contributed by atoms with Crippen LogP contribution >= 0.6 is 0 Å². The van der Waals surface area contributed by atoms with Crippen molar-refractivity contribution in [2.75, 3.05) is 19.7 Å². The lowest BCUT2D eigenvalue weighted by molar-refractivity contribution is -0.177. The van der Waals surface area contributed by atoms with Crippen LogP contribution < -0.4 is 0 Å². The SMILES string of the molecule is CC(=O)[C@H]1CC[C@H]2[C@@H]3CC[C@H]4C[C@H](O)[C@@H](N5CCOC(c6ccccc6)(c6ccccc6)C5)C[C@]4(C)[C@H]3C(=O)C[C@]12C. The summed E-state index contributed by atoms with van der Waals surface area (Å²) in [5, 5.41) is 11.7. The van der Waals surface area contributed by atoms with Gasteiger partial charge in [0.25, 0.3) is 0 Å². The molecule has 0 amide bonds. The molecular weight excluding hydrogens is 522 g/mol. The average molecular weight is 570 g/mol. The van der Waals surface area contributed by atoms with E-state index in [1.165, 1.54) is 0 Å². The predicted molar refractivity (Wildman–Crippen MR) is 163 cm³/mol. The zero-order valence-electron chi connectivity index (χ0n) is 25.5. The Kier molecular flexibility index (Phi) is 7.03. The van der Waals surface area contributed by atoms with E-state index >= 15 is 0 Å². The van der Waals surface area contributed by atoms with Gasteiger partial charge in [-0.1, -0.05) is 74.5 Å². The van der Waals surface area contributed by atoms with Crippen molar-refractivity contribution in [2.45, 2.75) is 83.5 Å². The van der Waals surface area contributed by atoms with Crippen molar-refractivity contribution < 1.29 is 19.4 Å². The fourth-order valence-corrected chi connectivity index (χ4v) is 11.1. The Balaban J connectivity index is 1.20. The topological polar surface area (TPSA) is 66.8 Å². The zero-order valence-corrected chi connectivity index (χ0v) is 25.5. The molecule has 2 aromatic rings. The van der Waals surface area contributed by atoms with E-state index in [0.29, 0.717) is 43.1 Å². The molecule has 0 unspecified atom stereocenters. The zero-order chi connectivity index (χ0) is 29.3. The van der Waals surface area contributed by atoms with E-state index in [1.807, 2.05) is 12.1 Å². The number of nitrogens with zero attached hydrogens (tertiary/aromatic N) is 1. The standard InChI is InChI=1S/C37H47NO4/c1-24(39)29-16-17-30-28-15-14-27-20-32(40)31(21-35(27,2)34(28)33(41)22-36(29,30)3)38-18-19-42-37(23-38,25-10-6-4-7-11-25)26-12-8-5-9-13-26/h4-13,27-32,34,40H,14-23H2,1-3H3/t27-,28-,29+,30-,31-,32-,34+,35-,36+/m0/s1. The molecule has 9 atom stereocenters. The van der Waals surface area contributed by atoms with E-state index in [9.17, 15) is 14.7 Å². The predicted octanol–water partition coefficient (Wildman–Crippen LogP) is 6.03. The highest BCUT2D eigenvalue weighted by Gasteiger charge is 2.65. The fraction of sp³-hybridized carbons (Fsp3) is 0.622. The number of fused-ring (bicyclic) bond motifs is 5. The van der Waals surface area contributed by atoms with Gasteiger partial charge in [-0.2, -0.15) is 0 Å². The van der Waals surface area contributed by atoms with Gasteiger partial charge in [0.15, 0.2) is 0 Å². The maximum absolute atomic E-state index is 14.2. The number of rotatable bonds is 4. The van der Waals surface area contributed by atoms with Crippen molar-refractivity contribution in [3.05, 3.63) is 71.8 Å². The Morgan fingerprint density at radius 3 is 2.24 bits per heavy atom. The normalized spacial score (nSPS) is 41.4. The minimum Gasteiger partial charge on any atom is -0.391 e. The molecule has 1 aliphatic heterocycles. The van der Waals surface area contributed by atoms with Gasteiger partial charge in [-0.15, -0.1) is 0 Å². The largest absolute Gasteiger partial charge is 0.391 e. The number of carbonyl (C=O) groups is 2. The Morgan fingerprint density at radius 2 is 1.60 bits per heavy atom. The molecule has 5 aliphatic rings. The third-order valence-corrected chi connectivity index (χ3v) is 13.0. The number of morpholine rings is 1. The van der Waals surface area contributed by atoms with Crippen molar-refractivity contribution in [2.24, 2.45) is 40.4 Å². The molecule has 224 valence electrons. The summed E-state index contributed by atoms with van der Waals surface area (Å²) in [4.78, 5) is 29.3. The summed E-state index contributed by atoms with van der Waals surface area (Å²) in [5.74, 6) is 1.87. The molecule has 5 fully saturated rings. The first-order valence-corrected chi connectivity index (χ1v) is 16.4. The highest BCUT2D eigenvalue weighted by molar-refractivity contribution is 5.87. The summed E-state index contributed by atoms with van der Waals surface area (Å²) in [5.41, 5.74) is 1.34. The van der Waals surface area contributed by atoms with Crippen LogP contribution in [-0.4, -0.2) is 53.4 Å². The maximum atomic E-state index is 14.2. The van der Waals surface area contributed by atoms with Crippen molar-refractivity contribution in [1.29, 1.82) is 0 Å². The summed E-state index contributed by atoms with van der Waals surface area (Å²) in [6.45, 7) is 8.39. The lowest BCUT2D eigenvalue weighted by atomic mass is 9.43. The number of hydrogen-bond donors (Lipinski definition) is 1. The van der Waals surface area contributed by atoms with E-state index < -0.39 is 11.7 Å². The number of aliphatic hydroxyl groups excluding tert-OH is 1. The molecule has 5 heteroatoms. The van der Waals surface area contributed by atoms with E-state index in [2.05, 4.69) is 67.3 Å². The molecule has 2 aromatic carbocycles. The Bertz CT molecular complexity index is 1290. The molecule has 7 rings (SSSR count). The summed E-state index contributed by atoms with van der Waals surface area (Å²) in [7, 11) is 0. The van der Waals surface area contributed by atoms with Crippen molar-refractivity contribution in [3.8, 4) is 0 Å². The Hall–Kier alpha value is -2.34. The molecule has 4 aliphatic carbocycles. The molecule has 0 spiro atoms. The molecule has 1 heterocycles. The molecule has 4 saturated carbocycles. The van der Waals surface area contributed by atoms with Crippen LogP contribution in [-0.2, 0) is 19.9 Å². The van der Waals surface area contributed by atoms with Crippen molar-refractivity contribution >= 4 is 11.6 Å². The van der Waals surface area contributed by atoms with Gasteiger partial charge in [0.05, 0.1) is 12.7 Å². The number of carbonyl (C=O) groups excluding carboxylic acids is 2. The molecule has 0 aromatic heterocycles. The average Bonchev–Trinajstić information content (AvgIpc) is 3.34. The molecule has 1 N–H and O–H groups in total. The summed E-state index contributed by atoms with van der Waals surface area (Å²) < 4.78 is 6.71. The molecule has 42 heavy (non-hydrogen) atoms. The molecule has 0 radical (unpaired) electrons. The van der Waals surface area contributed by atoms with Gasteiger partial charge in [-0.05, 0) is 85.2 Å². The van der Waals surface area contributed by atoms with Crippen LogP contribution in [0.15, 0.2) is 60.7 Å². The van der Waals surface area contributed by atoms with Crippen molar-refractivity contribution in [1.82, 2.24) is 4.90 Å². The van der Waals surface area contributed by atoms with Crippen LogP contribution in [0.3, 0.4) is 0 Å². The second-order valence-corrected chi connectivity index (χ2v) is 14.9. The summed E-state index contributed by atoms with van der Waals surface area (Å²) >= 11 is 0. The minimum atomic E-state index is -0.610. The Labute approximate surface area is 251 Å². The first kappa shape index (κ1) is 28.4. The maximum Gasteiger partial charge on any atom is 0.137 e. The van der Waals surface area contributed by atoms with Crippen LogP contribution in [0.4, 0.5) is 0 Å². The summed E-state index contributed by atoms with van der Waals surface area (Å²) in [6, 6.07) is 21.0. The van der Waals surface area contributed by atoms with Crippen LogP contribution in [0, 0.1) is 40.4 Å². The van der Waals surface area contributed by atoms with Crippen LogP contribution in [0.2, 0.25) is 0 Å².